The maximum Gasteiger partial charge on any atom is 0.163 e. The lowest BCUT2D eigenvalue weighted by Crippen LogP contribution is -2.46. The van der Waals surface area contributed by atoms with E-state index in [-0.39, 0.29) is 5.82 Å². The number of rotatable bonds is 4. The van der Waals surface area contributed by atoms with Crippen LogP contribution in [0, 0.1) is 5.82 Å². The van der Waals surface area contributed by atoms with Crippen LogP contribution in [0.2, 0.25) is 5.02 Å². The Morgan fingerprint density at radius 3 is 2.47 bits per heavy atom. The Morgan fingerprint density at radius 1 is 0.933 bits per heavy atom. The van der Waals surface area contributed by atoms with E-state index in [1.165, 1.54) is 12.1 Å². The highest BCUT2D eigenvalue weighted by atomic mass is 35.5. The summed E-state index contributed by atoms with van der Waals surface area (Å²) in [7, 11) is 0. The van der Waals surface area contributed by atoms with E-state index in [9.17, 15) is 4.39 Å². The Bertz CT molecular complexity index is 1170. The predicted molar refractivity (Wildman–Crippen MR) is 117 cm³/mol. The van der Waals surface area contributed by atoms with Crippen LogP contribution in [0.5, 0.6) is 0 Å². The molecular formula is C22H20ClFN6. The Kier molecular flexibility index (Phi) is 4.96. The van der Waals surface area contributed by atoms with Crippen molar-refractivity contribution < 1.29 is 4.39 Å². The van der Waals surface area contributed by atoms with Crippen LogP contribution in [0.25, 0.3) is 11.0 Å². The molecule has 5 rings (SSSR count). The molecule has 4 aromatic rings. The standard InChI is InChI=1S/C22H20ClFN6/c23-17-2-1-3-19(12-17)28-8-10-29(11-9-28)21-20-13-27-30(22(20)26-15-25-21)14-16-4-6-18(24)7-5-16/h1-7,12-13,15H,8-11,14H2. The number of hydrogen-bond acceptors (Lipinski definition) is 5. The first-order valence-corrected chi connectivity index (χ1v) is 10.2. The van der Waals surface area contributed by atoms with E-state index in [1.807, 2.05) is 29.1 Å². The maximum absolute atomic E-state index is 13.2. The maximum atomic E-state index is 13.2. The zero-order valence-electron chi connectivity index (χ0n) is 16.2. The smallest absolute Gasteiger partial charge is 0.163 e. The van der Waals surface area contributed by atoms with Crippen molar-refractivity contribution in [3.63, 3.8) is 0 Å². The van der Waals surface area contributed by atoms with Crippen molar-refractivity contribution in [3.8, 4) is 0 Å². The first-order valence-electron chi connectivity index (χ1n) is 9.84. The predicted octanol–water partition coefficient (Wildman–Crippen LogP) is 3.99. The van der Waals surface area contributed by atoms with Gasteiger partial charge in [-0.2, -0.15) is 5.10 Å². The summed E-state index contributed by atoms with van der Waals surface area (Å²) in [5, 5.41) is 6.19. The Morgan fingerprint density at radius 2 is 1.70 bits per heavy atom. The minimum absolute atomic E-state index is 0.245. The number of anilines is 2. The highest BCUT2D eigenvalue weighted by Gasteiger charge is 2.21. The van der Waals surface area contributed by atoms with Gasteiger partial charge in [0.25, 0.3) is 0 Å². The van der Waals surface area contributed by atoms with Gasteiger partial charge in [0.05, 0.1) is 18.1 Å². The molecule has 3 heterocycles. The summed E-state index contributed by atoms with van der Waals surface area (Å²) < 4.78 is 15.0. The zero-order chi connectivity index (χ0) is 20.5. The van der Waals surface area contributed by atoms with Crippen LogP contribution in [0.15, 0.2) is 61.1 Å². The molecular weight excluding hydrogens is 403 g/mol. The van der Waals surface area contributed by atoms with Gasteiger partial charge in [0.2, 0.25) is 0 Å². The number of halogens is 2. The van der Waals surface area contributed by atoms with Gasteiger partial charge in [-0.15, -0.1) is 0 Å². The summed E-state index contributed by atoms with van der Waals surface area (Å²) in [6.45, 7) is 4.00. The molecule has 0 N–H and O–H groups in total. The summed E-state index contributed by atoms with van der Waals surface area (Å²) in [6.07, 6.45) is 3.40. The van der Waals surface area contributed by atoms with Gasteiger partial charge in [0, 0.05) is 36.9 Å². The molecule has 0 unspecified atom stereocenters. The average Bonchev–Trinajstić information content (AvgIpc) is 3.18. The van der Waals surface area contributed by atoms with Crippen LogP contribution in [0.4, 0.5) is 15.9 Å². The van der Waals surface area contributed by atoms with Crippen molar-refractivity contribution in [3.05, 3.63) is 77.5 Å². The number of hydrogen-bond donors (Lipinski definition) is 0. The molecule has 0 bridgehead atoms. The summed E-state index contributed by atoms with van der Waals surface area (Å²) in [4.78, 5) is 13.6. The molecule has 0 saturated carbocycles. The third-order valence-corrected chi connectivity index (χ3v) is 5.65. The second-order valence-corrected chi connectivity index (χ2v) is 7.75. The van der Waals surface area contributed by atoms with Crippen molar-refractivity contribution in [1.82, 2.24) is 19.7 Å². The third kappa shape index (κ3) is 3.68. The molecule has 1 saturated heterocycles. The number of aromatic nitrogens is 4. The normalized spacial score (nSPS) is 14.5. The second-order valence-electron chi connectivity index (χ2n) is 7.32. The van der Waals surface area contributed by atoms with Crippen molar-refractivity contribution in [2.45, 2.75) is 6.54 Å². The fraction of sp³-hybridized carbons (Fsp3) is 0.227. The van der Waals surface area contributed by atoms with E-state index in [0.29, 0.717) is 6.54 Å². The molecule has 30 heavy (non-hydrogen) atoms. The minimum atomic E-state index is -0.245. The average molecular weight is 423 g/mol. The molecule has 1 aliphatic heterocycles. The topological polar surface area (TPSA) is 50.1 Å². The molecule has 2 aromatic heterocycles. The van der Waals surface area contributed by atoms with E-state index >= 15 is 0 Å². The summed E-state index contributed by atoms with van der Waals surface area (Å²) in [6, 6.07) is 14.4. The Labute approximate surface area is 178 Å². The van der Waals surface area contributed by atoms with E-state index in [2.05, 4.69) is 30.9 Å². The van der Waals surface area contributed by atoms with Gasteiger partial charge >= 0.3 is 0 Å². The van der Waals surface area contributed by atoms with E-state index in [0.717, 1.165) is 59.3 Å². The van der Waals surface area contributed by atoms with Crippen LogP contribution < -0.4 is 9.80 Å². The number of piperazine rings is 1. The molecule has 0 amide bonds. The molecule has 0 spiro atoms. The van der Waals surface area contributed by atoms with E-state index < -0.39 is 0 Å². The van der Waals surface area contributed by atoms with Crippen LogP contribution >= 0.6 is 11.6 Å². The van der Waals surface area contributed by atoms with Gasteiger partial charge < -0.3 is 9.80 Å². The first-order chi connectivity index (χ1) is 14.7. The summed E-state index contributed by atoms with van der Waals surface area (Å²) >= 11 is 6.14. The van der Waals surface area contributed by atoms with Crippen LogP contribution in [0.3, 0.4) is 0 Å². The molecule has 152 valence electrons. The van der Waals surface area contributed by atoms with E-state index in [1.54, 1.807) is 18.5 Å². The molecule has 8 heteroatoms. The molecule has 1 aliphatic rings. The largest absolute Gasteiger partial charge is 0.368 e. The molecule has 1 fully saturated rings. The lowest BCUT2D eigenvalue weighted by atomic mass is 10.2. The van der Waals surface area contributed by atoms with Gasteiger partial charge in [0.1, 0.15) is 18.0 Å². The minimum Gasteiger partial charge on any atom is -0.368 e. The van der Waals surface area contributed by atoms with Gasteiger partial charge in [-0.1, -0.05) is 29.8 Å². The summed E-state index contributed by atoms with van der Waals surface area (Å²) in [5.74, 6) is 0.654. The second kappa shape index (κ2) is 7.91. The van der Waals surface area contributed by atoms with Crippen LogP contribution in [-0.2, 0) is 6.54 Å². The fourth-order valence-corrected chi connectivity index (χ4v) is 4.04. The lowest BCUT2D eigenvalue weighted by molar-refractivity contribution is 0.625. The van der Waals surface area contributed by atoms with Crippen molar-refractivity contribution in [2.75, 3.05) is 36.0 Å². The Balaban J connectivity index is 1.35. The van der Waals surface area contributed by atoms with Gasteiger partial charge in [0.15, 0.2) is 5.65 Å². The van der Waals surface area contributed by atoms with E-state index in [4.69, 9.17) is 11.6 Å². The van der Waals surface area contributed by atoms with Crippen LogP contribution in [-0.4, -0.2) is 45.9 Å². The highest BCUT2D eigenvalue weighted by molar-refractivity contribution is 6.30. The number of benzene rings is 2. The molecule has 0 aliphatic carbocycles. The summed E-state index contributed by atoms with van der Waals surface area (Å²) in [5.41, 5.74) is 2.89. The van der Waals surface area contributed by atoms with Gasteiger partial charge in [-0.25, -0.2) is 19.0 Å². The van der Waals surface area contributed by atoms with Gasteiger partial charge in [-0.3, -0.25) is 0 Å². The zero-order valence-corrected chi connectivity index (χ0v) is 17.0. The van der Waals surface area contributed by atoms with Crippen molar-refractivity contribution in [2.24, 2.45) is 0 Å². The van der Waals surface area contributed by atoms with Crippen LogP contribution in [0.1, 0.15) is 5.56 Å². The highest BCUT2D eigenvalue weighted by Crippen LogP contribution is 2.26. The van der Waals surface area contributed by atoms with Crippen molar-refractivity contribution >= 4 is 34.1 Å². The number of nitrogens with zero attached hydrogens (tertiary/aromatic N) is 6. The molecule has 0 atom stereocenters. The molecule has 0 radical (unpaired) electrons. The molecule has 2 aromatic carbocycles. The fourth-order valence-electron chi connectivity index (χ4n) is 3.86. The van der Waals surface area contributed by atoms with Gasteiger partial charge in [-0.05, 0) is 35.9 Å². The Hall–Kier alpha value is -3.19. The lowest BCUT2D eigenvalue weighted by Gasteiger charge is -2.36. The third-order valence-electron chi connectivity index (χ3n) is 5.41. The SMILES string of the molecule is Fc1ccc(Cn2ncc3c(N4CCN(c5cccc(Cl)c5)CC4)ncnc32)cc1. The number of fused-ring (bicyclic) bond motifs is 1. The van der Waals surface area contributed by atoms with Crippen molar-refractivity contribution in [1.29, 1.82) is 0 Å². The first kappa shape index (κ1) is 18.8. The molecule has 6 nitrogen and oxygen atoms in total. The quantitative estimate of drug-likeness (QED) is 0.497. The monoisotopic (exact) mass is 422 g/mol.